The summed E-state index contributed by atoms with van der Waals surface area (Å²) in [4.78, 5) is 38.4. The Balaban J connectivity index is 4.47. The number of hydrogen-bond acceptors (Lipinski definition) is 6. The van der Waals surface area contributed by atoms with Gasteiger partial charge in [0.25, 0.3) is 0 Å². The minimum absolute atomic E-state index is 0.0999. The summed E-state index contributed by atoms with van der Waals surface area (Å²) in [5, 5.41) is 0. The van der Waals surface area contributed by atoms with E-state index in [1.54, 1.807) is 0 Å². The van der Waals surface area contributed by atoms with Gasteiger partial charge >= 0.3 is 17.9 Å². The predicted octanol–water partition coefficient (Wildman–Crippen LogP) is 22.3. The van der Waals surface area contributed by atoms with E-state index in [1.807, 2.05) is 0 Å². The zero-order valence-electron chi connectivity index (χ0n) is 51.1. The summed E-state index contributed by atoms with van der Waals surface area (Å²) >= 11 is 0. The summed E-state index contributed by atoms with van der Waals surface area (Å²) in [6.07, 6.45) is 94.1. The maximum atomic E-state index is 12.9. The molecule has 6 heteroatoms. The Morgan fingerprint density at radius 3 is 0.785 bits per heavy atom. The van der Waals surface area contributed by atoms with Crippen LogP contribution in [0.25, 0.3) is 0 Å². The Morgan fingerprint density at radius 1 is 0.266 bits per heavy atom. The topological polar surface area (TPSA) is 78.9 Å². The minimum atomic E-state index is -0.806. The molecule has 0 aromatic rings. The summed E-state index contributed by atoms with van der Waals surface area (Å²) in [6, 6.07) is 0. The highest BCUT2D eigenvalue weighted by Crippen LogP contribution is 2.14. The van der Waals surface area contributed by atoms with Gasteiger partial charge in [-0.1, -0.05) is 263 Å². The van der Waals surface area contributed by atoms with Gasteiger partial charge in [-0.15, -0.1) is 0 Å². The molecule has 79 heavy (non-hydrogen) atoms. The molecule has 0 rings (SSSR count). The van der Waals surface area contributed by atoms with Crippen molar-refractivity contribution in [1.29, 1.82) is 0 Å². The van der Waals surface area contributed by atoms with Crippen molar-refractivity contribution in [3.63, 3.8) is 0 Å². The van der Waals surface area contributed by atoms with Crippen LogP contribution in [0.4, 0.5) is 0 Å². The smallest absolute Gasteiger partial charge is 0.306 e. The molecular formula is C73H118O6. The number of esters is 3. The molecule has 0 radical (unpaired) electrons. The van der Waals surface area contributed by atoms with Crippen LogP contribution in [0.15, 0.2) is 146 Å². The van der Waals surface area contributed by atoms with E-state index in [2.05, 4.69) is 167 Å². The number of rotatable bonds is 57. The summed E-state index contributed by atoms with van der Waals surface area (Å²) in [7, 11) is 0. The number of carbonyl (C=O) groups is 3. The van der Waals surface area contributed by atoms with Gasteiger partial charge in [-0.25, -0.2) is 0 Å². The molecule has 0 saturated heterocycles. The first-order valence-electron chi connectivity index (χ1n) is 32.3. The van der Waals surface area contributed by atoms with Gasteiger partial charge in [0.15, 0.2) is 6.10 Å². The Bertz CT molecular complexity index is 1730. The van der Waals surface area contributed by atoms with Crippen LogP contribution in [-0.2, 0) is 28.6 Å². The molecule has 0 saturated carbocycles. The monoisotopic (exact) mass is 1090 g/mol. The summed E-state index contributed by atoms with van der Waals surface area (Å²) in [6.45, 7) is 6.38. The van der Waals surface area contributed by atoms with Crippen molar-refractivity contribution in [3.8, 4) is 0 Å². The van der Waals surface area contributed by atoms with Crippen molar-refractivity contribution >= 4 is 17.9 Å². The first-order chi connectivity index (χ1) is 39.0. The molecule has 0 aliphatic carbocycles. The molecule has 0 fully saturated rings. The average Bonchev–Trinajstić information content (AvgIpc) is 3.45. The second-order valence-corrected chi connectivity index (χ2v) is 20.9. The lowest BCUT2D eigenvalue weighted by Gasteiger charge is -2.18. The van der Waals surface area contributed by atoms with E-state index < -0.39 is 6.10 Å². The quantitative estimate of drug-likeness (QED) is 0.0261. The summed E-state index contributed by atoms with van der Waals surface area (Å²) in [5.41, 5.74) is 0. The van der Waals surface area contributed by atoms with Crippen LogP contribution in [0.2, 0.25) is 0 Å². The zero-order valence-corrected chi connectivity index (χ0v) is 51.1. The standard InChI is InChI=1S/C73H118O6/c1-4-7-10-13-16-19-22-25-28-30-32-34-35-36-37-39-40-42-45-48-51-54-57-60-63-66-72(75)78-69-70(68-77-71(74)65-62-59-56-53-50-47-44-27-24-21-18-15-12-9-6-3)79-73(76)67-64-61-58-55-52-49-46-43-41-38-33-31-29-26-23-20-17-14-11-8-5-2/h7-8,10-11,16-17,19-20,25-29,32-34,36-38,40,42-44,46,70H,4-6,9,12-15,18,21-24,30-31,35,39,41,45,47-69H2,1-3H3/b10-7-,11-8-,19-16-,20-17-,28-25-,29-26-,34-32-,37-36-,38-33-,42-40-,44-27-,46-43-. The second-order valence-electron chi connectivity index (χ2n) is 20.9. The van der Waals surface area contributed by atoms with Gasteiger partial charge in [0, 0.05) is 19.3 Å². The third-order valence-electron chi connectivity index (χ3n) is 13.3. The van der Waals surface area contributed by atoms with Crippen LogP contribution in [0.5, 0.6) is 0 Å². The lowest BCUT2D eigenvalue weighted by molar-refractivity contribution is -0.167. The van der Waals surface area contributed by atoms with E-state index in [-0.39, 0.29) is 31.1 Å². The molecule has 1 atom stereocenters. The molecule has 0 amide bonds. The van der Waals surface area contributed by atoms with Gasteiger partial charge in [0.2, 0.25) is 0 Å². The predicted molar refractivity (Wildman–Crippen MR) is 343 cm³/mol. The molecular weight excluding hydrogens is 973 g/mol. The van der Waals surface area contributed by atoms with Crippen molar-refractivity contribution in [1.82, 2.24) is 0 Å². The van der Waals surface area contributed by atoms with Crippen LogP contribution >= 0.6 is 0 Å². The largest absolute Gasteiger partial charge is 0.462 e. The summed E-state index contributed by atoms with van der Waals surface area (Å²) in [5.74, 6) is -0.941. The SMILES string of the molecule is CC/C=C\C/C=C\C/C=C\C/C=C\C/C=C\C/C=C\CCCCCCCCC(=O)OCC(COC(=O)CCCCCCC/C=C\CCCCCCCC)OC(=O)CCCCCCC/C=C\C/C=C\C/C=C\C/C=C\C/C=C\CC. The van der Waals surface area contributed by atoms with Gasteiger partial charge < -0.3 is 14.2 Å². The molecule has 0 heterocycles. The number of carbonyl (C=O) groups excluding carboxylic acids is 3. The first kappa shape index (κ1) is 74.3. The molecule has 0 aliphatic rings. The van der Waals surface area contributed by atoms with Crippen LogP contribution in [-0.4, -0.2) is 37.2 Å². The Labute approximate surface area is 487 Å². The number of hydrogen-bond donors (Lipinski definition) is 0. The Morgan fingerprint density at radius 2 is 0.494 bits per heavy atom. The zero-order chi connectivity index (χ0) is 57.1. The van der Waals surface area contributed by atoms with Crippen molar-refractivity contribution in [2.45, 2.75) is 284 Å². The molecule has 0 aromatic heterocycles. The fraction of sp³-hybridized carbons (Fsp3) is 0.630. The van der Waals surface area contributed by atoms with E-state index in [0.29, 0.717) is 19.3 Å². The van der Waals surface area contributed by atoms with Crippen LogP contribution in [0.3, 0.4) is 0 Å². The molecule has 0 N–H and O–H groups in total. The normalized spacial score (nSPS) is 13.1. The fourth-order valence-corrected chi connectivity index (χ4v) is 8.53. The van der Waals surface area contributed by atoms with Crippen LogP contribution < -0.4 is 0 Å². The van der Waals surface area contributed by atoms with E-state index in [0.717, 1.165) is 173 Å². The molecule has 0 bridgehead atoms. The van der Waals surface area contributed by atoms with Crippen LogP contribution in [0.1, 0.15) is 278 Å². The van der Waals surface area contributed by atoms with E-state index in [4.69, 9.17) is 14.2 Å². The van der Waals surface area contributed by atoms with Crippen molar-refractivity contribution in [3.05, 3.63) is 146 Å². The summed E-state index contributed by atoms with van der Waals surface area (Å²) < 4.78 is 16.9. The third kappa shape index (κ3) is 64.0. The van der Waals surface area contributed by atoms with Gasteiger partial charge in [-0.2, -0.15) is 0 Å². The molecule has 0 spiro atoms. The average molecular weight is 1090 g/mol. The van der Waals surface area contributed by atoms with Gasteiger partial charge in [0.05, 0.1) is 0 Å². The lowest BCUT2D eigenvalue weighted by Crippen LogP contribution is -2.30. The number of ether oxygens (including phenoxy) is 3. The molecule has 1 unspecified atom stereocenters. The number of unbranched alkanes of at least 4 members (excludes halogenated alkanes) is 22. The molecule has 0 aromatic carbocycles. The maximum Gasteiger partial charge on any atom is 0.306 e. The first-order valence-corrected chi connectivity index (χ1v) is 32.3. The molecule has 446 valence electrons. The van der Waals surface area contributed by atoms with Crippen molar-refractivity contribution in [2.24, 2.45) is 0 Å². The van der Waals surface area contributed by atoms with Gasteiger partial charge in [0.1, 0.15) is 13.2 Å². The lowest BCUT2D eigenvalue weighted by atomic mass is 10.1. The Kier molecular flexibility index (Phi) is 61.9. The highest BCUT2D eigenvalue weighted by molar-refractivity contribution is 5.71. The Hall–Kier alpha value is -4.71. The highest BCUT2D eigenvalue weighted by atomic mass is 16.6. The third-order valence-corrected chi connectivity index (χ3v) is 13.3. The second kappa shape index (κ2) is 65.8. The maximum absolute atomic E-state index is 12.9. The molecule has 0 aliphatic heterocycles. The van der Waals surface area contributed by atoms with E-state index in [1.165, 1.54) is 64.2 Å². The van der Waals surface area contributed by atoms with Gasteiger partial charge in [-0.3, -0.25) is 14.4 Å². The van der Waals surface area contributed by atoms with E-state index >= 15 is 0 Å². The van der Waals surface area contributed by atoms with Crippen molar-refractivity contribution in [2.75, 3.05) is 13.2 Å². The number of allylic oxidation sites excluding steroid dienone is 24. The molecule has 6 nitrogen and oxygen atoms in total. The highest BCUT2D eigenvalue weighted by Gasteiger charge is 2.19. The van der Waals surface area contributed by atoms with Gasteiger partial charge in [-0.05, 0) is 141 Å². The fourth-order valence-electron chi connectivity index (χ4n) is 8.53. The van der Waals surface area contributed by atoms with Crippen LogP contribution in [0, 0.1) is 0 Å². The van der Waals surface area contributed by atoms with Crippen molar-refractivity contribution < 1.29 is 28.6 Å². The minimum Gasteiger partial charge on any atom is -0.462 e. The van der Waals surface area contributed by atoms with E-state index in [9.17, 15) is 14.4 Å².